The highest BCUT2D eigenvalue weighted by Crippen LogP contribution is 2.32. The number of rotatable bonds is 2. The van der Waals surface area contributed by atoms with Gasteiger partial charge in [0, 0.05) is 25.2 Å². The van der Waals surface area contributed by atoms with Gasteiger partial charge >= 0.3 is 0 Å². The maximum absolute atomic E-state index is 11.5. The van der Waals surface area contributed by atoms with Gasteiger partial charge in [-0.1, -0.05) is 32.1 Å². The normalized spacial score (nSPS) is 29.4. The second-order valence-corrected chi connectivity index (χ2v) is 8.14. The van der Waals surface area contributed by atoms with E-state index in [9.17, 15) is 8.42 Å². The van der Waals surface area contributed by atoms with E-state index in [2.05, 4.69) is 4.90 Å². The predicted octanol–water partition coefficient (Wildman–Crippen LogP) is 1.16. The Morgan fingerprint density at radius 3 is 1.94 bits per heavy atom. The number of sulfone groups is 1. The maximum Gasteiger partial charge on any atom is 0.152 e. The topological polar surface area (TPSA) is 63.4 Å². The largest absolute Gasteiger partial charge is 0.329 e. The summed E-state index contributed by atoms with van der Waals surface area (Å²) >= 11 is 0. The van der Waals surface area contributed by atoms with Gasteiger partial charge in [0.05, 0.1) is 11.5 Å². The van der Waals surface area contributed by atoms with E-state index in [1.807, 2.05) is 0 Å². The van der Waals surface area contributed by atoms with E-state index in [1.165, 1.54) is 32.1 Å². The Balaban J connectivity index is 2.06. The molecule has 0 amide bonds. The Morgan fingerprint density at radius 2 is 1.44 bits per heavy atom. The fraction of sp³-hybridized carbons (Fsp3) is 1.00. The molecule has 4 nitrogen and oxygen atoms in total. The molecule has 2 rings (SSSR count). The number of hydrogen-bond acceptors (Lipinski definition) is 4. The number of hydrogen-bond donors (Lipinski definition) is 1. The van der Waals surface area contributed by atoms with E-state index in [0.29, 0.717) is 31.1 Å². The molecular formula is C13H26N2O2S. The monoisotopic (exact) mass is 274 g/mol. The Bertz CT molecular complexity index is 345. The van der Waals surface area contributed by atoms with Gasteiger partial charge < -0.3 is 5.73 Å². The molecule has 0 bridgehead atoms. The molecule has 0 radical (unpaired) electrons. The third-order valence-corrected chi connectivity index (χ3v) is 6.29. The quantitative estimate of drug-likeness (QED) is 0.821. The molecule has 1 saturated carbocycles. The summed E-state index contributed by atoms with van der Waals surface area (Å²) < 4.78 is 23.1. The van der Waals surface area contributed by atoms with Gasteiger partial charge in [-0.05, 0) is 12.8 Å². The zero-order chi connectivity index (χ0) is 13.1. The van der Waals surface area contributed by atoms with Crippen LogP contribution in [0.15, 0.2) is 0 Å². The van der Waals surface area contributed by atoms with Crippen molar-refractivity contribution in [1.29, 1.82) is 0 Å². The van der Waals surface area contributed by atoms with E-state index in [0.717, 1.165) is 12.8 Å². The van der Waals surface area contributed by atoms with Gasteiger partial charge in [0.2, 0.25) is 0 Å². The number of nitrogens with two attached hydrogens (primary N) is 1. The van der Waals surface area contributed by atoms with E-state index >= 15 is 0 Å². The first-order valence-electron chi connectivity index (χ1n) is 7.24. The molecule has 0 aromatic rings. The van der Waals surface area contributed by atoms with Crippen molar-refractivity contribution in [3.63, 3.8) is 0 Å². The van der Waals surface area contributed by atoms with E-state index in [1.54, 1.807) is 0 Å². The molecule has 0 atom stereocenters. The Labute approximate surface area is 111 Å². The molecule has 2 fully saturated rings. The fourth-order valence-corrected chi connectivity index (χ4v) is 4.60. The highest BCUT2D eigenvalue weighted by molar-refractivity contribution is 7.91. The molecule has 1 aliphatic heterocycles. The minimum atomic E-state index is -2.79. The molecule has 0 spiro atoms. The first kappa shape index (κ1) is 14.3. The van der Waals surface area contributed by atoms with Gasteiger partial charge in [0.15, 0.2) is 9.84 Å². The molecule has 2 N–H and O–H groups in total. The van der Waals surface area contributed by atoms with Crippen LogP contribution in [0.2, 0.25) is 0 Å². The van der Waals surface area contributed by atoms with Crippen molar-refractivity contribution >= 4 is 9.84 Å². The summed E-state index contributed by atoms with van der Waals surface area (Å²) in [6.45, 7) is 2.03. The van der Waals surface area contributed by atoms with Crippen LogP contribution < -0.4 is 5.73 Å². The molecule has 0 aromatic carbocycles. The standard InChI is InChI=1S/C13H26N2O2S/c14-12-13(6-4-2-1-3-5-7-13)15-8-10-18(16,17)11-9-15/h1-12,14H2. The lowest BCUT2D eigenvalue weighted by Gasteiger charge is -2.46. The van der Waals surface area contributed by atoms with Crippen LogP contribution in [0.1, 0.15) is 44.9 Å². The Morgan fingerprint density at radius 1 is 0.944 bits per heavy atom. The average Bonchev–Trinajstić information content (AvgIpc) is 2.30. The Hall–Kier alpha value is -0.130. The van der Waals surface area contributed by atoms with E-state index < -0.39 is 9.84 Å². The first-order chi connectivity index (χ1) is 8.58. The molecule has 1 aliphatic carbocycles. The lowest BCUT2D eigenvalue weighted by Crippen LogP contribution is -2.58. The zero-order valence-corrected chi connectivity index (χ0v) is 12.1. The third kappa shape index (κ3) is 3.25. The summed E-state index contributed by atoms with van der Waals surface area (Å²) in [5.74, 6) is 0.628. The summed E-state index contributed by atoms with van der Waals surface area (Å²) in [5.41, 5.74) is 6.15. The molecule has 5 heteroatoms. The van der Waals surface area contributed by atoms with Crippen LogP contribution >= 0.6 is 0 Å². The average molecular weight is 274 g/mol. The zero-order valence-electron chi connectivity index (χ0n) is 11.2. The van der Waals surface area contributed by atoms with Crippen molar-refractivity contribution in [2.75, 3.05) is 31.1 Å². The van der Waals surface area contributed by atoms with Gasteiger partial charge in [-0.3, -0.25) is 4.90 Å². The van der Waals surface area contributed by atoms with Crippen molar-refractivity contribution in [3.8, 4) is 0 Å². The minimum Gasteiger partial charge on any atom is -0.329 e. The van der Waals surface area contributed by atoms with Crippen LogP contribution in [0, 0.1) is 0 Å². The first-order valence-corrected chi connectivity index (χ1v) is 9.06. The van der Waals surface area contributed by atoms with Crippen LogP contribution in [-0.2, 0) is 9.84 Å². The van der Waals surface area contributed by atoms with Crippen molar-refractivity contribution < 1.29 is 8.42 Å². The molecule has 0 aromatic heterocycles. The predicted molar refractivity (Wildman–Crippen MR) is 74.3 cm³/mol. The smallest absolute Gasteiger partial charge is 0.152 e. The summed E-state index contributed by atoms with van der Waals surface area (Å²) in [6.07, 6.45) is 8.70. The summed E-state index contributed by atoms with van der Waals surface area (Å²) in [7, 11) is -2.79. The highest BCUT2D eigenvalue weighted by Gasteiger charge is 2.38. The van der Waals surface area contributed by atoms with Gasteiger partial charge in [-0.25, -0.2) is 8.42 Å². The van der Waals surface area contributed by atoms with Crippen LogP contribution in [0.4, 0.5) is 0 Å². The minimum absolute atomic E-state index is 0.0797. The van der Waals surface area contributed by atoms with Crippen molar-refractivity contribution in [2.45, 2.75) is 50.5 Å². The molecule has 1 heterocycles. The van der Waals surface area contributed by atoms with Crippen molar-refractivity contribution in [2.24, 2.45) is 5.73 Å². The third-order valence-electron chi connectivity index (χ3n) is 4.68. The molecule has 18 heavy (non-hydrogen) atoms. The fourth-order valence-electron chi connectivity index (χ4n) is 3.40. The van der Waals surface area contributed by atoms with Crippen molar-refractivity contribution in [3.05, 3.63) is 0 Å². The maximum atomic E-state index is 11.5. The summed E-state index contributed by atoms with van der Waals surface area (Å²) in [4.78, 5) is 2.37. The highest BCUT2D eigenvalue weighted by atomic mass is 32.2. The molecule has 1 saturated heterocycles. The van der Waals surface area contributed by atoms with Crippen LogP contribution in [0.3, 0.4) is 0 Å². The lowest BCUT2D eigenvalue weighted by molar-refractivity contribution is 0.0753. The second kappa shape index (κ2) is 5.88. The molecule has 0 unspecified atom stereocenters. The lowest BCUT2D eigenvalue weighted by atomic mass is 9.82. The summed E-state index contributed by atoms with van der Waals surface area (Å²) in [5, 5.41) is 0. The van der Waals surface area contributed by atoms with Crippen LogP contribution in [0.25, 0.3) is 0 Å². The SMILES string of the molecule is NCC1(N2CCS(=O)(=O)CC2)CCCCCCC1. The van der Waals surface area contributed by atoms with E-state index in [-0.39, 0.29) is 5.54 Å². The van der Waals surface area contributed by atoms with Crippen LogP contribution in [0.5, 0.6) is 0 Å². The van der Waals surface area contributed by atoms with Gasteiger partial charge in [0.1, 0.15) is 0 Å². The summed E-state index contributed by atoms with van der Waals surface area (Å²) in [6, 6.07) is 0. The van der Waals surface area contributed by atoms with Gasteiger partial charge in [-0.2, -0.15) is 0 Å². The Kier molecular flexibility index (Phi) is 4.67. The van der Waals surface area contributed by atoms with Crippen molar-refractivity contribution in [1.82, 2.24) is 4.90 Å². The second-order valence-electron chi connectivity index (χ2n) is 5.84. The van der Waals surface area contributed by atoms with Gasteiger partial charge in [-0.15, -0.1) is 0 Å². The molecule has 2 aliphatic rings. The number of nitrogens with zero attached hydrogens (tertiary/aromatic N) is 1. The molecular weight excluding hydrogens is 248 g/mol. The molecule has 106 valence electrons. The van der Waals surface area contributed by atoms with Gasteiger partial charge in [0.25, 0.3) is 0 Å². The van der Waals surface area contributed by atoms with E-state index in [4.69, 9.17) is 5.73 Å². The van der Waals surface area contributed by atoms with Crippen LogP contribution in [-0.4, -0.2) is 50.0 Å².